The second-order valence-electron chi connectivity index (χ2n) is 6.04. The Balaban J connectivity index is 2.14. The predicted octanol–water partition coefficient (Wildman–Crippen LogP) is 2.36. The van der Waals surface area contributed by atoms with E-state index in [1.54, 1.807) is 6.20 Å². The van der Waals surface area contributed by atoms with Crippen LogP contribution >= 0.6 is 0 Å². The summed E-state index contributed by atoms with van der Waals surface area (Å²) in [5.41, 5.74) is 2.00. The van der Waals surface area contributed by atoms with Gasteiger partial charge in [0.15, 0.2) is 0 Å². The summed E-state index contributed by atoms with van der Waals surface area (Å²) in [4.78, 5) is 16.8. The van der Waals surface area contributed by atoms with E-state index in [1.807, 2.05) is 19.1 Å². The monoisotopic (exact) mass is 276 g/mol. The van der Waals surface area contributed by atoms with E-state index in [0.717, 1.165) is 30.5 Å². The van der Waals surface area contributed by atoms with Crippen molar-refractivity contribution in [2.24, 2.45) is 11.8 Å². The maximum absolute atomic E-state index is 12.4. The van der Waals surface area contributed by atoms with Gasteiger partial charge in [0.05, 0.1) is 23.8 Å². The standard InChI is InChI=1S/C16H24N2O2/c1-10(2)14(15-11(3)6-5-9-17-15)18-16(20)12-7-4-8-13(12)19/h5-6,9-10,12-14,19H,4,7-8H2,1-3H3,(H,18,20). The van der Waals surface area contributed by atoms with Crippen LogP contribution in [-0.2, 0) is 4.79 Å². The second kappa shape index (κ2) is 6.35. The number of aryl methyl sites for hydroxylation is 1. The number of nitrogens with one attached hydrogen (secondary N) is 1. The molecule has 1 aromatic heterocycles. The van der Waals surface area contributed by atoms with E-state index in [9.17, 15) is 9.90 Å². The fourth-order valence-corrected chi connectivity index (χ4v) is 2.88. The maximum Gasteiger partial charge on any atom is 0.226 e. The third kappa shape index (κ3) is 3.18. The van der Waals surface area contributed by atoms with E-state index in [0.29, 0.717) is 0 Å². The summed E-state index contributed by atoms with van der Waals surface area (Å²) in [6.07, 6.45) is 3.70. The number of pyridine rings is 1. The summed E-state index contributed by atoms with van der Waals surface area (Å²) in [6.45, 7) is 6.16. The van der Waals surface area contributed by atoms with Crippen LogP contribution in [-0.4, -0.2) is 22.1 Å². The van der Waals surface area contributed by atoms with Gasteiger partial charge in [-0.2, -0.15) is 0 Å². The summed E-state index contributed by atoms with van der Waals surface area (Å²) in [5, 5.41) is 12.9. The molecule has 0 radical (unpaired) electrons. The number of carbonyl (C=O) groups excluding carboxylic acids is 1. The van der Waals surface area contributed by atoms with Gasteiger partial charge < -0.3 is 10.4 Å². The molecule has 0 saturated heterocycles. The molecule has 1 heterocycles. The number of carbonyl (C=O) groups is 1. The van der Waals surface area contributed by atoms with Gasteiger partial charge in [-0.15, -0.1) is 0 Å². The first-order valence-corrected chi connectivity index (χ1v) is 7.40. The quantitative estimate of drug-likeness (QED) is 0.887. The summed E-state index contributed by atoms with van der Waals surface area (Å²) < 4.78 is 0. The first-order valence-electron chi connectivity index (χ1n) is 7.40. The average Bonchev–Trinajstić information content (AvgIpc) is 2.83. The lowest BCUT2D eigenvalue weighted by Gasteiger charge is -2.25. The molecule has 0 aliphatic heterocycles. The van der Waals surface area contributed by atoms with E-state index in [4.69, 9.17) is 0 Å². The van der Waals surface area contributed by atoms with E-state index >= 15 is 0 Å². The van der Waals surface area contributed by atoms with Crippen molar-refractivity contribution >= 4 is 5.91 Å². The SMILES string of the molecule is Cc1cccnc1C(NC(=O)C1CCCC1O)C(C)C. The normalized spacial score (nSPS) is 23.9. The Hall–Kier alpha value is -1.42. The van der Waals surface area contributed by atoms with Crippen molar-refractivity contribution in [2.75, 3.05) is 0 Å². The van der Waals surface area contributed by atoms with Crippen LogP contribution in [0.2, 0.25) is 0 Å². The number of aliphatic hydroxyl groups is 1. The van der Waals surface area contributed by atoms with Gasteiger partial charge in [-0.05, 0) is 43.7 Å². The highest BCUT2D eigenvalue weighted by atomic mass is 16.3. The van der Waals surface area contributed by atoms with Crippen LogP contribution in [0.1, 0.15) is 50.4 Å². The van der Waals surface area contributed by atoms with Crippen molar-refractivity contribution in [3.05, 3.63) is 29.6 Å². The van der Waals surface area contributed by atoms with Crippen LogP contribution in [0.15, 0.2) is 18.3 Å². The molecule has 1 aromatic rings. The number of hydrogen-bond acceptors (Lipinski definition) is 3. The number of amides is 1. The van der Waals surface area contributed by atoms with E-state index in [1.165, 1.54) is 0 Å². The Kier molecular flexibility index (Phi) is 4.76. The zero-order valence-corrected chi connectivity index (χ0v) is 12.5. The van der Waals surface area contributed by atoms with Gasteiger partial charge in [-0.3, -0.25) is 9.78 Å². The molecule has 4 nitrogen and oxygen atoms in total. The van der Waals surface area contributed by atoms with Gasteiger partial charge in [0.2, 0.25) is 5.91 Å². The summed E-state index contributed by atoms with van der Waals surface area (Å²) in [7, 11) is 0. The summed E-state index contributed by atoms with van der Waals surface area (Å²) >= 11 is 0. The Morgan fingerprint density at radius 2 is 2.20 bits per heavy atom. The highest BCUT2D eigenvalue weighted by Crippen LogP contribution is 2.28. The largest absolute Gasteiger partial charge is 0.392 e. The fourth-order valence-electron chi connectivity index (χ4n) is 2.88. The summed E-state index contributed by atoms with van der Waals surface area (Å²) in [6, 6.07) is 3.81. The molecule has 2 N–H and O–H groups in total. The molecule has 20 heavy (non-hydrogen) atoms. The van der Waals surface area contributed by atoms with E-state index in [2.05, 4.69) is 24.1 Å². The fraction of sp³-hybridized carbons (Fsp3) is 0.625. The van der Waals surface area contributed by atoms with Crippen molar-refractivity contribution in [1.29, 1.82) is 0 Å². The van der Waals surface area contributed by atoms with Gasteiger partial charge in [-0.25, -0.2) is 0 Å². The number of aliphatic hydroxyl groups excluding tert-OH is 1. The molecule has 1 aliphatic rings. The lowest BCUT2D eigenvalue weighted by molar-refractivity contribution is -0.128. The Bertz CT molecular complexity index is 473. The predicted molar refractivity (Wildman–Crippen MR) is 78.0 cm³/mol. The number of rotatable bonds is 4. The minimum absolute atomic E-state index is 0.0428. The van der Waals surface area contributed by atoms with Crippen LogP contribution in [0.5, 0.6) is 0 Å². The van der Waals surface area contributed by atoms with Crippen molar-refractivity contribution in [3.8, 4) is 0 Å². The third-order valence-corrected chi connectivity index (χ3v) is 4.13. The molecule has 3 unspecified atom stereocenters. The van der Waals surface area contributed by atoms with Crippen LogP contribution in [0.25, 0.3) is 0 Å². The van der Waals surface area contributed by atoms with Gasteiger partial charge in [0, 0.05) is 6.20 Å². The lowest BCUT2D eigenvalue weighted by Crippen LogP contribution is -2.39. The molecule has 1 fully saturated rings. The van der Waals surface area contributed by atoms with Crippen LogP contribution in [0.3, 0.4) is 0 Å². The molecule has 1 amide bonds. The molecule has 0 aromatic carbocycles. The second-order valence-corrected chi connectivity index (χ2v) is 6.04. The molecule has 3 atom stereocenters. The minimum atomic E-state index is -0.493. The van der Waals surface area contributed by atoms with Crippen molar-refractivity contribution in [1.82, 2.24) is 10.3 Å². The summed E-state index contributed by atoms with van der Waals surface area (Å²) in [5.74, 6) is -0.0508. The Morgan fingerprint density at radius 3 is 2.75 bits per heavy atom. The van der Waals surface area contributed by atoms with Crippen molar-refractivity contribution < 1.29 is 9.90 Å². The van der Waals surface area contributed by atoms with Gasteiger partial charge >= 0.3 is 0 Å². The zero-order chi connectivity index (χ0) is 14.7. The lowest BCUT2D eigenvalue weighted by atomic mass is 9.95. The molecule has 1 aliphatic carbocycles. The van der Waals surface area contributed by atoms with E-state index in [-0.39, 0.29) is 23.8 Å². The molecule has 110 valence electrons. The average molecular weight is 276 g/mol. The molecule has 4 heteroatoms. The first kappa shape index (κ1) is 15.0. The molecule has 0 bridgehead atoms. The molecular weight excluding hydrogens is 252 g/mol. The van der Waals surface area contributed by atoms with E-state index < -0.39 is 6.10 Å². The molecule has 2 rings (SSSR count). The molecule has 0 spiro atoms. The van der Waals surface area contributed by atoms with Crippen LogP contribution < -0.4 is 5.32 Å². The van der Waals surface area contributed by atoms with Crippen molar-refractivity contribution in [3.63, 3.8) is 0 Å². The van der Waals surface area contributed by atoms with Crippen LogP contribution in [0, 0.1) is 18.8 Å². The van der Waals surface area contributed by atoms with Gasteiger partial charge in [0.1, 0.15) is 0 Å². The topological polar surface area (TPSA) is 62.2 Å². The molecule has 1 saturated carbocycles. The first-order chi connectivity index (χ1) is 9.50. The molecular formula is C16H24N2O2. The number of aromatic nitrogens is 1. The smallest absolute Gasteiger partial charge is 0.226 e. The number of hydrogen-bond donors (Lipinski definition) is 2. The highest BCUT2D eigenvalue weighted by Gasteiger charge is 2.33. The Labute approximate surface area is 120 Å². The van der Waals surface area contributed by atoms with Gasteiger partial charge in [0.25, 0.3) is 0 Å². The maximum atomic E-state index is 12.4. The Morgan fingerprint density at radius 1 is 1.45 bits per heavy atom. The van der Waals surface area contributed by atoms with Crippen molar-refractivity contribution in [2.45, 2.75) is 52.2 Å². The van der Waals surface area contributed by atoms with Crippen LogP contribution in [0.4, 0.5) is 0 Å². The minimum Gasteiger partial charge on any atom is -0.392 e. The zero-order valence-electron chi connectivity index (χ0n) is 12.5. The number of nitrogens with zero attached hydrogens (tertiary/aromatic N) is 1. The third-order valence-electron chi connectivity index (χ3n) is 4.13. The van der Waals surface area contributed by atoms with Gasteiger partial charge in [-0.1, -0.05) is 19.9 Å². The highest BCUT2D eigenvalue weighted by molar-refractivity contribution is 5.80.